The van der Waals surface area contributed by atoms with Gasteiger partial charge in [-0.15, -0.1) is 0 Å². The zero-order valence-electron chi connectivity index (χ0n) is 11.6. The van der Waals surface area contributed by atoms with E-state index in [0.717, 1.165) is 24.2 Å². The van der Waals surface area contributed by atoms with Crippen LogP contribution >= 0.6 is 0 Å². The number of amides is 1. The second-order valence-electron chi connectivity index (χ2n) is 7.37. The number of hydrazone groups is 1. The van der Waals surface area contributed by atoms with Gasteiger partial charge in [0.2, 0.25) is 5.91 Å². The van der Waals surface area contributed by atoms with E-state index >= 15 is 0 Å². The Bertz CT molecular complexity index is 406. The maximum absolute atomic E-state index is 12.1. The molecule has 6 atom stereocenters. The fourth-order valence-electron chi connectivity index (χ4n) is 5.32. The van der Waals surface area contributed by atoms with Crippen molar-refractivity contribution in [3.05, 3.63) is 0 Å². The van der Waals surface area contributed by atoms with E-state index in [9.17, 15) is 4.79 Å². The van der Waals surface area contributed by atoms with Crippen LogP contribution in [-0.4, -0.2) is 12.1 Å². The first-order chi connectivity index (χ1) is 9.29. The number of nitrogens with zero attached hydrogens (tertiary/aromatic N) is 1. The fourth-order valence-corrected chi connectivity index (χ4v) is 5.32. The van der Waals surface area contributed by atoms with Crippen LogP contribution in [0, 0.1) is 35.5 Å². The van der Waals surface area contributed by atoms with E-state index in [1.807, 2.05) is 6.21 Å². The van der Waals surface area contributed by atoms with Crippen molar-refractivity contribution >= 4 is 12.1 Å². The molecule has 104 valence electrons. The molecule has 0 saturated heterocycles. The summed E-state index contributed by atoms with van der Waals surface area (Å²) in [6.07, 6.45) is 12.5. The summed E-state index contributed by atoms with van der Waals surface area (Å²) in [7, 11) is 0. The molecule has 3 heteroatoms. The van der Waals surface area contributed by atoms with Crippen molar-refractivity contribution < 1.29 is 4.79 Å². The van der Waals surface area contributed by atoms with Crippen LogP contribution in [0.4, 0.5) is 0 Å². The molecule has 19 heavy (non-hydrogen) atoms. The number of nitrogens with one attached hydrogen (secondary N) is 1. The topological polar surface area (TPSA) is 41.5 Å². The minimum atomic E-state index is 0.187. The molecule has 4 saturated carbocycles. The summed E-state index contributed by atoms with van der Waals surface area (Å²) in [5, 5.41) is 4.28. The van der Waals surface area contributed by atoms with Gasteiger partial charge in [0.15, 0.2) is 0 Å². The third-order valence-corrected chi connectivity index (χ3v) is 6.31. The second-order valence-corrected chi connectivity index (χ2v) is 7.37. The van der Waals surface area contributed by atoms with E-state index in [0.29, 0.717) is 11.8 Å². The lowest BCUT2D eigenvalue weighted by Gasteiger charge is -2.20. The Kier molecular flexibility index (Phi) is 2.89. The van der Waals surface area contributed by atoms with Gasteiger partial charge in [0.1, 0.15) is 0 Å². The zero-order valence-corrected chi connectivity index (χ0v) is 11.6. The van der Waals surface area contributed by atoms with Crippen molar-refractivity contribution in [1.29, 1.82) is 0 Å². The average molecular weight is 260 g/mol. The molecule has 4 bridgehead atoms. The smallest absolute Gasteiger partial charge is 0.243 e. The van der Waals surface area contributed by atoms with Gasteiger partial charge >= 0.3 is 0 Å². The first-order valence-electron chi connectivity index (χ1n) is 8.12. The molecular formula is C16H24N2O. The van der Waals surface area contributed by atoms with Crippen LogP contribution in [0.25, 0.3) is 0 Å². The number of carbonyl (C=O) groups is 1. The highest BCUT2D eigenvalue weighted by Crippen LogP contribution is 2.48. The zero-order chi connectivity index (χ0) is 12.8. The Balaban J connectivity index is 1.29. The molecule has 0 aromatic rings. The molecule has 4 fully saturated rings. The predicted molar refractivity (Wildman–Crippen MR) is 74.5 cm³/mol. The van der Waals surface area contributed by atoms with Crippen LogP contribution in [0.5, 0.6) is 0 Å². The van der Waals surface area contributed by atoms with Crippen molar-refractivity contribution in [3.63, 3.8) is 0 Å². The summed E-state index contributed by atoms with van der Waals surface area (Å²) in [6.45, 7) is 0. The molecule has 4 aliphatic rings. The van der Waals surface area contributed by atoms with E-state index in [1.165, 1.54) is 44.9 Å². The van der Waals surface area contributed by atoms with Crippen molar-refractivity contribution in [1.82, 2.24) is 5.43 Å². The molecule has 0 unspecified atom stereocenters. The monoisotopic (exact) mass is 260 g/mol. The van der Waals surface area contributed by atoms with Crippen LogP contribution < -0.4 is 5.43 Å². The van der Waals surface area contributed by atoms with Gasteiger partial charge in [-0.3, -0.25) is 4.79 Å². The van der Waals surface area contributed by atoms with Crippen molar-refractivity contribution in [2.24, 2.45) is 40.6 Å². The van der Waals surface area contributed by atoms with E-state index in [-0.39, 0.29) is 11.8 Å². The summed E-state index contributed by atoms with van der Waals surface area (Å²) in [6, 6.07) is 0. The molecule has 1 amide bonds. The van der Waals surface area contributed by atoms with Gasteiger partial charge in [-0.2, -0.15) is 5.10 Å². The lowest BCUT2D eigenvalue weighted by atomic mass is 9.88. The molecule has 4 aliphatic carbocycles. The number of hydrogen-bond donors (Lipinski definition) is 1. The summed E-state index contributed by atoms with van der Waals surface area (Å²) < 4.78 is 0. The number of rotatable bonds is 3. The summed E-state index contributed by atoms with van der Waals surface area (Å²) in [5.74, 6) is 4.37. The average Bonchev–Trinajstić information content (AvgIpc) is 3.18. The van der Waals surface area contributed by atoms with E-state index in [1.54, 1.807) is 0 Å². The first kappa shape index (κ1) is 11.9. The van der Waals surface area contributed by atoms with Gasteiger partial charge < -0.3 is 0 Å². The van der Waals surface area contributed by atoms with Gasteiger partial charge in [0.05, 0.1) is 0 Å². The van der Waals surface area contributed by atoms with E-state index < -0.39 is 0 Å². The fraction of sp³-hybridized carbons (Fsp3) is 0.875. The molecule has 0 aliphatic heterocycles. The van der Waals surface area contributed by atoms with Gasteiger partial charge in [-0.1, -0.05) is 12.8 Å². The normalized spacial score (nSPS) is 47.4. The lowest BCUT2D eigenvalue weighted by Crippen LogP contribution is -2.31. The van der Waals surface area contributed by atoms with Crippen LogP contribution in [-0.2, 0) is 4.79 Å². The number of fused-ring (bicyclic) bond motifs is 4. The Hall–Kier alpha value is -0.860. The predicted octanol–water partition coefficient (Wildman–Crippen LogP) is 2.96. The van der Waals surface area contributed by atoms with Crippen LogP contribution in [0.1, 0.15) is 51.4 Å². The highest BCUT2D eigenvalue weighted by Gasteiger charge is 2.43. The van der Waals surface area contributed by atoms with Gasteiger partial charge in [-0.25, -0.2) is 5.43 Å². The maximum Gasteiger partial charge on any atom is 0.243 e. The van der Waals surface area contributed by atoms with Gasteiger partial charge in [0, 0.05) is 12.1 Å². The van der Waals surface area contributed by atoms with Crippen molar-refractivity contribution in [2.75, 3.05) is 0 Å². The quantitative estimate of drug-likeness (QED) is 0.615. The molecule has 0 aromatic heterocycles. The summed E-state index contributed by atoms with van der Waals surface area (Å²) in [4.78, 5) is 12.1. The minimum absolute atomic E-state index is 0.187. The standard InChI is InChI=1S/C16H24N2O/c19-16(15-8-11-2-4-13(15)6-11)18-17-9-14-7-10-1-3-12(14)5-10/h9-15H,1-8H2,(H,18,19)/b17-9-/t10-,11+,12+,13+,14-,15+/m0/s1. The largest absolute Gasteiger partial charge is 0.273 e. The van der Waals surface area contributed by atoms with E-state index in [2.05, 4.69) is 10.5 Å². The molecule has 0 aromatic carbocycles. The summed E-state index contributed by atoms with van der Waals surface area (Å²) in [5.41, 5.74) is 2.83. The first-order valence-corrected chi connectivity index (χ1v) is 8.12. The van der Waals surface area contributed by atoms with Crippen LogP contribution in [0.2, 0.25) is 0 Å². The Morgan fingerprint density at radius 1 is 0.947 bits per heavy atom. The third kappa shape index (κ3) is 2.11. The Morgan fingerprint density at radius 3 is 2.26 bits per heavy atom. The minimum Gasteiger partial charge on any atom is -0.273 e. The van der Waals surface area contributed by atoms with Gasteiger partial charge in [-0.05, 0) is 68.1 Å². The Morgan fingerprint density at radius 2 is 1.68 bits per heavy atom. The van der Waals surface area contributed by atoms with E-state index in [4.69, 9.17) is 0 Å². The molecule has 0 radical (unpaired) electrons. The molecular weight excluding hydrogens is 236 g/mol. The highest BCUT2D eigenvalue weighted by atomic mass is 16.2. The highest BCUT2D eigenvalue weighted by molar-refractivity contribution is 5.80. The summed E-state index contributed by atoms with van der Waals surface area (Å²) >= 11 is 0. The molecule has 4 rings (SSSR count). The third-order valence-electron chi connectivity index (χ3n) is 6.31. The van der Waals surface area contributed by atoms with Crippen LogP contribution in [0.15, 0.2) is 5.10 Å². The molecule has 0 spiro atoms. The Labute approximate surface area is 115 Å². The molecule has 3 nitrogen and oxygen atoms in total. The van der Waals surface area contributed by atoms with Crippen molar-refractivity contribution in [3.8, 4) is 0 Å². The number of hydrogen-bond acceptors (Lipinski definition) is 2. The SMILES string of the molecule is O=C(N/N=C\[C@@H]1C[C@H]2CC[C@@H]1C2)[C@@H]1C[C@@H]2CC[C@@H]1C2. The molecule has 1 N–H and O–H groups in total. The molecule has 0 heterocycles. The number of carbonyl (C=O) groups excluding carboxylic acids is 1. The van der Waals surface area contributed by atoms with Crippen molar-refractivity contribution in [2.45, 2.75) is 51.4 Å². The lowest BCUT2D eigenvalue weighted by molar-refractivity contribution is -0.126. The van der Waals surface area contributed by atoms with Crippen LogP contribution in [0.3, 0.4) is 0 Å². The maximum atomic E-state index is 12.1. The van der Waals surface area contributed by atoms with Gasteiger partial charge in [0.25, 0.3) is 0 Å². The second kappa shape index (κ2) is 4.60.